The highest BCUT2D eigenvalue weighted by Crippen LogP contribution is 2.34. The molecule has 0 saturated heterocycles. The molecule has 4 aromatic rings. The van der Waals surface area contributed by atoms with Crippen molar-refractivity contribution in [3.63, 3.8) is 0 Å². The molecule has 0 fully saturated rings. The number of nitrogens with zero attached hydrogens (tertiary/aromatic N) is 4. The van der Waals surface area contributed by atoms with Crippen LogP contribution < -0.4 is 15.5 Å². The molecule has 32 heavy (non-hydrogen) atoms. The second-order valence-corrected chi connectivity index (χ2v) is 7.46. The first-order chi connectivity index (χ1) is 15.5. The standard InChI is InChI=1S/C24H25N5O3/c1-3-21(31)28(13-16(2)30)29-14-20(22-23(25)26-15-27-24(22)29)17-9-11-19(12-10-17)32-18-7-5-4-6-8-18/h4-12,14-16,30H,3,13H2,1-2H3,(H2,25,26,27). The number of aliphatic hydroxyl groups excluding tert-OH is 1. The molecule has 2 heterocycles. The maximum Gasteiger partial charge on any atom is 0.241 e. The summed E-state index contributed by atoms with van der Waals surface area (Å²) in [5.74, 6) is 1.62. The topological polar surface area (TPSA) is 106 Å². The predicted octanol–water partition coefficient (Wildman–Crippen LogP) is 3.73. The van der Waals surface area contributed by atoms with Crippen molar-refractivity contribution in [2.24, 2.45) is 0 Å². The number of anilines is 1. The minimum atomic E-state index is -0.708. The van der Waals surface area contributed by atoms with Crippen molar-refractivity contribution < 1.29 is 14.6 Å². The van der Waals surface area contributed by atoms with E-state index < -0.39 is 6.10 Å². The predicted molar refractivity (Wildman–Crippen MR) is 124 cm³/mol. The van der Waals surface area contributed by atoms with Crippen molar-refractivity contribution in [1.29, 1.82) is 0 Å². The van der Waals surface area contributed by atoms with Crippen LogP contribution in [0.4, 0.5) is 5.82 Å². The number of nitrogens with two attached hydrogens (primary N) is 1. The Labute approximate surface area is 185 Å². The van der Waals surface area contributed by atoms with E-state index in [1.54, 1.807) is 24.7 Å². The number of aliphatic hydroxyl groups is 1. The second kappa shape index (κ2) is 9.07. The van der Waals surface area contributed by atoms with Crippen LogP contribution in [0.1, 0.15) is 20.3 Å². The molecule has 164 valence electrons. The summed E-state index contributed by atoms with van der Waals surface area (Å²) in [5.41, 5.74) is 8.36. The average molecular weight is 431 g/mol. The molecule has 1 atom stereocenters. The largest absolute Gasteiger partial charge is 0.457 e. The van der Waals surface area contributed by atoms with Gasteiger partial charge in [-0.15, -0.1) is 0 Å². The summed E-state index contributed by atoms with van der Waals surface area (Å²) in [6.07, 6.45) is 2.75. The Bertz CT molecular complexity index is 1220. The number of para-hydroxylation sites is 1. The molecule has 0 aliphatic rings. The van der Waals surface area contributed by atoms with Gasteiger partial charge in [0.15, 0.2) is 5.65 Å². The van der Waals surface area contributed by atoms with Gasteiger partial charge in [-0.3, -0.25) is 4.79 Å². The molecule has 0 saturated carbocycles. The summed E-state index contributed by atoms with van der Waals surface area (Å²) in [5, 5.41) is 12.1. The second-order valence-electron chi connectivity index (χ2n) is 7.46. The lowest BCUT2D eigenvalue weighted by atomic mass is 10.1. The molecule has 8 heteroatoms. The number of carbonyl (C=O) groups is 1. The monoisotopic (exact) mass is 431 g/mol. The van der Waals surface area contributed by atoms with Gasteiger partial charge in [0.25, 0.3) is 0 Å². The van der Waals surface area contributed by atoms with E-state index in [1.807, 2.05) is 54.6 Å². The van der Waals surface area contributed by atoms with Crippen LogP contribution in [0.5, 0.6) is 11.5 Å². The first-order valence-electron chi connectivity index (χ1n) is 10.4. The van der Waals surface area contributed by atoms with Gasteiger partial charge in [-0.2, -0.15) is 0 Å². The number of amides is 1. The lowest BCUT2D eigenvalue weighted by molar-refractivity contribution is -0.120. The Morgan fingerprint density at radius 1 is 1.12 bits per heavy atom. The van der Waals surface area contributed by atoms with Crippen LogP contribution in [0.15, 0.2) is 67.1 Å². The van der Waals surface area contributed by atoms with Gasteiger partial charge in [-0.25, -0.2) is 19.7 Å². The Morgan fingerprint density at radius 3 is 2.47 bits per heavy atom. The van der Waals surface area contributed by atoms with Crippen LogP contribution in [-0.4, -0.2) is 38.3 Å². The summed E-state index contributed by atoms with van der Waals surface area (Å²) < 4.78 is 7.53. The van der Waals surface area contributed by atoms with Crippen LogP contribution in [0.2, 0.25) is 0 Å². The molecular weight excluding hydrogens is 406 g/mol. The fraction of sp³-hybridized carbons (Fsp3) is 0.208. The molecule has 2 aromatic carbocycles. The van der Waals surface area contributed by atoms with Crippen LogP contribution >= 0.6 is 0 Å². The lowest BCUT2D eigenvalue weighted by Gasteiger charge is -2.25. The number of ether oxygens (including phenoxy) is 1. The van der Waals surface area contributed by atoms with Gasteiger partial charge in [0.1, 0.15) is 23.6 Å². The summed E-state index contributed by atoms with van der Waals surface area (Å²) in [7, 11) is 0. The van der Waals surface area contributed by atoms with Crippen LogP contribution in [0, 0.1) is 0 Å². The normalized spacial score (nSPS) is 12.0. The summed E-state index contributed by atoms with van der Waals surface area (Å²) in [6.45, 7) is 3.54. The number of nitrogen functional groups attached to an aromatic ring is 1. The zero-order valence-electron chi connectivity index (χ0n) is 18.0. The zero-order valence-corrected chi connectivity index (χ0v) is 18.0. The zero-order chi connectivity index (χ0) is 22.7. The number of rotatable bonds is 7. The van der Waals surface area contributed by atoms with E-state index >= 15 is 0 Å². The average Bonchev–Trinajstić information content (AvgIpc) is 3.19. The van der Waals surface area contributed by atoms with E-state index in [0.717, 1.165) is 16.9 Å². The Kier molecular flexibility index (Phi) is 6.04. The SMILES string of the molecule is CCC(=O)N(CC(C)O)n1cc(-c2ccc(Oc3ccccc3)cc2)c2c(N)ncnc21. The maximum absolute atomic E-state index is 12.6. The molecule has 0 aliphatic carbocycles. The molecule has 0 aliphatic heterocycles. The first-order valence-corrected chi connectivity index (χ1v) is 10.4. The fourth-order valence-electron chi connectivity index (χ4n) is 3.54. The van der Waals surface area contributed by atoms with E-state index in [1.165, 1.54) is 11.3 Å². The molecule has 3 N–H and O–H groups in total. The van der Waals surface area contributed by atoms with Crippen molar-refractivity contribution >= 4 is 22.8 Å². The van der Waals surface area contributed by atoms with E-state index in [2.05, 4.69) is 9.97 Å². The van der Waals surface area contributed by atoms with E-state index in [-0.39, 0.29) is 18.9 Å². The fourth-order valence-corrected chi connectivity index (χ4v) is 3.54. The van der Waals surface area contributed by atoms with Gasteiger partial charge in [0.2, 0.25) is 5.91 Å². The van der Waals surface area contributed by atoms with Gasteiger partial charge in [-0.1, -0.05) is 37.3 Å². The quantitative estimate of drug-likeness (QED) is 0.462. The number of fused-ring (bicyclic) bond motifs is 1. The molecule has 0 radical (unpaired) electrons. The van der Waals surface area contributed by atoms with Gasteiger partial charge in [-0.05, 0) is 36.8 Å². The molecule has 8 nitrogen and oxygen atoms in total. The van der Waals surface area contributed by atoms with Gasteiger partial charge in [0.05, 0.1) is 18.0 Å². The summed E-state index contributed by atoms with van der Waals surface area (Å²) in [6, 6.07) is 17.1. The third kappa shape index (κ3) is 4.26. The third-order valence-corrected chi connectivity index (χ3v) is 5.03. The first kappa shape index (κ1) is 21.3. The highest BCUT2D eigenvalue weighted by atomic mass is 16.5. The third-order valence-electron chi connectivity index (χ3n) is 5.03. The molecular formula is C24H25N5O3. The molecule has 2 aromatic heterocycles. The van der Waals surface area contributed by atoms with E-state index in [4.69, 9.17) is 10.5 Å². The summed E-state index contributed by atoms with van der Waals surface area (Å²) >= 11 is 0. The van der Waals surface area contributed by atoms with Gasteiger partial charge in [0, 0.05) is 18.2 Å². The highest BCUT2D eigenvalue weighted by molar-refractivity contribution is 6.02. The molecule has 0 bridgehead atoms. The minimum Gasteiger partial charge on any atom is -0.457 e. The lowest BCUT2D eigenvalue weighted by Crippen LogP contribution is -2.44. The van der Waals surface area contributed by atoms with Crippen LogP contribution in [0.3, 0.4) is 0 Å². The number of carbonyl (C=O) groups excluding carboxylic acids is 1. The molecule has 1 amide bonds. The van der Waals surface area contributed by atoms with E-state index in [9.17, 15) is 9.90 Å². The number of hydrogen-bond acceptors (Lipinski definition) is 6. The van der Waals surface area contributed by atoms with Crippen LogP contribution in [-0.2, 0) is 4.79 Å². The summed E-state index contributed by atoms with van der Waals surface area (Å²) in [4.78, 5) is 21.2. The number of benzene rings is 2. The Hall–Kier alpha value is -3.91. The Morgan fingerprint density at radius 2 is 1.81 bits per heavy atom. The van der Waals surface area contributed by atoms with Crippen molar-refractivity contribution in [3.8, 4) is 22.6 Å². The molecule has 1 unspecified atom stereocenters. The van der Waals surface area contributed by atoms with Gasteiger partial charge < -0.3 is 15.6 Å². The maximum atomic E-state index is 12.6. The number of aromatic nitrogens is 3. The Balaban J connectivity index is 1.77. The van der Waals surface area contributed by atoms with Gasteiger partial charge >= 0.3 is 0 Å². The highest BCUT2D eigenvalue weighted by Gasteiger charge is 2.22. The van der Waals surface area contributed by atoms with E-state index in [0.29, 0.717) is 22.6 Å². The van der Waals surface area contributed by atoms with Crippen LogP contribution in [0.25, 0.3) is 22.2 Å². The van der Waals surface area contributed by atoms with Crippen molar-refractivity contribution in [2.45, 2.75) is 26.4 Å². The van der Waals surface area contributed by atoms with Crippen molar-refractivity contribution in [2.75, 3.05) is 17.3 Å². The smallest absolute Gasteiger partial charge is 0.241 e. The molecule has 0 spiro atoms. The number of hydrogen-bond donors (Lipinski definition) is 2. The van der Waals surface area contributed by atoms with Crippen molar-refractivity contribution in [3.05, 3.63) is 67.1 Å². The van der Waals surface area contributed by atoms with Crippen molar-refractivity contribution in [1.82, 2.24) is 14.6 Å². The molecule has 4 rings (SSSR count). The minimum absolute atomic E-state index is 0.129.